The van der Waals surface area contributed by atoms with Crippen molar-refractivity contribution in [3.8, 4) is 11.5 Å². The summed E-state index contributed by atoms with van der Waals surface area (Å²) >= 11 is 0. The van der Waals surface area contributed by atoms with E-state index in [4.69, 9.17) is 13.9 Å². The molecule has 0 saturated heterocycles. The molecule has 0 atom stereocenters. The van der Waals surface area contributed by atoms with Crippen molar-refractivity contribution >= 4 is 21.7 Å². The molecule has 0 bridgehead atoms. The van der Waals surface area contributed by atoms with Crippen molar-refractivity contribution < 1.29 is 13.9 Å². The Balaban J connectivity index is 1.67. The Hall–Kier alpha value is -2.57. The van der Waals surface area contributed by atoms with Gasteiger partial charge < -0.3 is 23.7 Å². The van der Waals surface area contributed by atoms with Crippen LogP contribution >= 0.6 is 0 Å². The largest absolute Gasteiger partial charge is 0.494 e. The van der Waals surface area contributed by atoms with Gasteiger partial charge in [-0.1, -0.05) is 27.7 Å². The van der Waals surface area contributed by atoms with Gasteiger partial charge in [0.2, 0.25) is 0 Å². The van der Waals surface area contributed by atoms with Gasteiger partial charge in [0.05, 0.1) is 18.6 Å². The van der Waals surface area contributed by atoms with Gasteiger partial charge in [-0.05, 0) is 69.4 Å². The molecule has 1 heterocycles. The standard InChI is InChI=1S/C27H38N2O4/c1-5-28(6-2)15-9-17-31-21-11-13-23-24-14-12-22(32-18-10-16-29(7-3)8-4)20-26(24)33-27(30)25(23)19-21/h11-14,19-20H,5-10,15-18H2,1-4H3. The second-order valence-electron chi connectivity index (χ2n) is 8.21. The third-order valence-electron chi connectivity index (χ3n) is 6.22. The number of hydrogen-bond donors (Lipinski definition) is 0. The fourth-order valence-corrected chi connectivity index (χ4v) is 4.11. The van der Waals surface area contributed by atoms with Gasteiger partial charge in [0.15, 0.2) is 0 Å². The summed E-state index contributed by atoms with van der Waals surface area (Å²) in [6.07, 6.45) is 1.91. The molecule has 0 radical (unpaired) electrons. The maximum Gasteiger partial charge on any atom is 0.344 e. The van der Waals surface area contributed by atoms with Crippen molar-refractivity contribution in [3.63, 3.8) is 0 Å². The summed E-state index contributed by atoms with van der Waals surface area (Å²) in [5.74, 6) is 1.42. The van der Waals surface area contributed by atoms with Crippen LogP contribution < -0.4 is 15.1 Å². The molecule has 0 aliphatic rings. The Morgan fingerprint density at radius 2 is 1.21 bits per heavy atom. The van der Waals surface area contributed by atoms with Gasteiger partial charge in [0.1, 0.15) is 17.1 Å². The Kier molecular flexibility index (Phi) is 9.58. The van der Waals surface area contributed by atoms with Crippen LogP contribution in [0, 0.1) is 0 Å². The molecule has 3 aromatic rings. The number of ether oxygens (including phenoxy) is 2. The van der Waals surface area contributed by atoms with E-state index >= 15 is 0 Å². The zero-order chi connectivity index (χ0) is 23.6. The molecular weight excluding hydrogens is 416 g/mol. The van der Waals surface area contributed by atoms with Crippen LogP contribution in [0.2, 0.25) is 0 Å². The van der Waals surface area contributed by atoms with Crippen LogP contribution in [0.25, 0.3) is 21.7 Å². The molecule has 0 aliphatic heterocycles. The molecule has 180 valence electrons. The molecule has 3 rings (SSSR count). The van der Waals surface area contributed by atoms with E-state index in [0.29, 0.717) is 29.9 Å². The Morgan fingerprint density at radius 1 is 0.697 bits per heavy atom. The highest BCUT2D eigenvalue weighted by Gasteiger charge is 2.10. The Labute approximate surface area is 197 Å². The SMILES string of the molecule is CCN(CC)CCCOc1ccc2c(c1)oc(=O)c1cc(OCCCN(CC)CC)ccc12. The van der Waals surface area contributed by atoms with Crippen LogP contribution in [-0.2, 0) is 0 Å². The van der Waals surface area contributed by atoms with Crippen LogP contribution in [-0.4, -0.2) is 62.3 Å². The minimum atomic E-state index is -0.357. The number of nitrogens with zero attached hydrogens (tertiary/aromatic N) is 2. The van der Waals surface area contributed by atoms with Gasteiger partial charge >= 0.3 is 5.63 Å². The van der Waals surface area contributed by atoms with E-state index in [-0.39, 0.29) is 5.63 Å². The van der Waals surface area contributed by atoms with E-state index in [1.807, 2.05) is 30.3 Å². The molecular formula is C27H38N2O4. The van der Waals surface area contributed by atoms with Crippen LogP contribution in [0.1, 0.15) is 40.5 Å². The Morgan fingerprint density at radius 3 is 1.76 bits per heavy atom. The lowest BCUT2D eigenvalue weighted by Gasteiger charge is -2.17. The van der Waals surface area contributed by atoms with E-state index in [9.17, 15) is 4.79 Å². The molecule has 0 unspecified atom stereocenters. The number of fused-ring (bicyclic) bond motifs is 3. The van der Waals surface area contributed by atoms with Crippen molar-refractivity contribution in [2.45, 2.75) is 40.5 Å². The molecule has 0 aliphatic carbocycles. The van der Waals surface area contributed by atoms with Crippen molar-refractivity contribution in [2.24, 2.45) is 0 Å². The Bertz CT molecular complexity index is 1070. The molecule has 0 amide bonds. The van der Waals surface area contributed by atoms with Crippen molar-refractivity contribution in [2.75, 3.05) is 52.5 Å². The number of benzene rings is 2. The second kappa shape index (κ2) is 12.6. The molecule has 2 aromatic carbocycles. The summed E-state index contributed by atoms with van der Waals surface area (Å²) in [6, 6.07) is 11.4. The minimum Gasteiger partial charge on any atom is -0.494 e. The van der Waals surface area contributed by atoms with Crippen molar-refractivity contribution in [1.29, 1.82) is 0 Å². The molecule has 6 heteroatoms. The molecule has 0 spiro atoms. The predicted octanol–water partition coefficient (Wildman–Crippen LogP) is 5.17. The summed E-state index contributed by atoms with van der Waals surface area (Å²) in [4.78, 5) is 17.4. The zero-order valence-electron chi connectivity index (χ0n) is 20.6. The number of rotatable bonds is 14. The van der Waals surface area contributed by atoms with E-state index in [1.54, 1.807) is 6.07 Å². The molecule has 0 saturated carbocycles. The highest BCUT2D eigenvalue weighted by Crippen LogP contribution is 2.28. The fraction of sp³-hybridized carbons (Fsp3) is 0.519. The average molecular weight is 455 g/mol. The molecule has 0 fully saturated rings. The fourth-order valence-electron chi connectivity index (χ4n) is 4.11. The second-order valence-corrected chi connectivity index (χ2v) is 8.21. The lowest BCUT2D eigenvalue weighted by atomic mass is 10.1. The highest BCUT2D eigenvalue weighted by molar-refractivity contribution is 6.04. The maximum atomic E-state index is 12.7. The zero-order valence-corrected chi connectivity index (χ0v) is 20.6. The molecule has 33 heavy (non-hydrogen) atoms. The van der Waals surface area contributed by atoms with E-state index in [2.05, 4.69) is 37.5 Å². The first-order valence-electron chi connectivity index (χ1n) is 12.3. The summed E-state index contributed by atoms with van der Waals surface area (Å²) in [5.41, 5.74) is 0.186. The minimum absolute atomic E-state index is 0.357. The summed E-state index contributed by atoms with van der Waals surface area (Å²) < 4.78 is 17.4. The maximum absolute atomic E-state index is 12.7. The van der Waals surface area contributed by atoms with Crippen LogP contribution in [0.3, 0.4) is 0 Å². The predicted molar refractivity (Wildman–Crippen MR) is 136 cm³/mol. The third kappa shape index (κ3) is 6.71. The van der Waals surface area contributed by atoms with Crippen molar-refractivity contribution in [1.82, 2.24) is 9.80 Å². The summed E-state index contributed by atoms with van der Waals surface area (Å²) in [7, 11) is 0. The molecule has 6 nitrogen and oxygen atoms in total. The first kappa shape index (κ1) is 25.1. The quantitative estimate of drug-likeness (QED) is 0.190. The van der Waals surface area contributed by atoms with Gasteiger partial charge in [-0.2, -0.15) is 0 Å². The van der Waals surface area contributed by atoms with Crippen molar-refractivity contribution in [3.05, 3.63) is 46.8 Å². The number of hydrogen-bond acceptors (Lipinski definition) is 6. The van der Waals surface area contributed by atoms with Crippen LogP contribution in [0.4, 0.5) is 0 Å². The van der Waals surface area contributed by atoms with Gasteiger partial charge in [-0.15, -0.1) is 0 Å². The van der Waals surface area contributed by atoms with E-state index in [1.165, 1.54) is 0 Å². The first-order valence-corrected chi connectivity index (χ1v) is 12.3. The molecule has 0 N–H and O–H groups in total. The topological polar surface area (TPSA) is 55.1 Å². The monoisotopic (exact) mass is 454 g/mol. The highest BCUT2D eigenvalue weighted by atomic mass is 16.5. The van der Waals surface area contributed by atoms with Gasteiger partial charge in [-0.3, -0.25) is 0 Å². The van der Waals surface area contributed by atoms with Crippen LogP contribution in [0.15, 0.2) is 45.6 Å². The summed E-state index contributed by atoms with van der Waals surface area (Å²) in [6.45, 7) is 16.1. The third-order valence-corrected chi connectivity index (χ3v) is 6.22. The lowest BCUT2D eigenvalue weighted by Crippen LogP contribution is -2.25. The lowest BCUT2D eigenvalue weighted by molar-refractivity contribution is 0.249. The smallest absolute Gasteiger partial charge is 0.344 e. The molecule has 1 aromatic heterocycles. The van der Waals surface area contributed by atoms with E-state index in [0.717, 1.165) is 68.6 Å². The van der Waals surface area contributed by atoms with Gasteiger partial charge in [0, 0.05) is 29.9 Å². The van der Waals surface area contributed by atoms with Gasteiger partial charge in [-0.25, -0.2) is 4.79 Å². The van der Waals surface area contributed by atoms with Gasteiger partial charge in [0.25, 0.3) is 0 Å². The average Bonchev–Trinajstić information content (AvgIpc) is 2.84. The summed E-state index contributed by atoms with van der Waals surface area (Å²) in [5, 5.41) is 2.30. The van der Waals surface area contributed by atoms with Crippen LogP contribution in [0.5, 0.6) is 11.5 Å². The first-order chi connectivity index (χ1) is 16.1. The normalized spacial score (nSPS) is 11.7. The van der Waals surface area contributed by atoms with E-state index < -0.39 is 0 Å².